The van der Waals surface area contributed by atoms with Gasteiger partial charge in [-0.2, -0.15) is 0 Å². The first-order valence-corrected chi connectivity index (χ1v) is 5.24. The molecule has 0 atom stereocenters. The van der Waals surface area contributed by atoms with Crippen LogP contribution in [0.5, 0.6) is 0 Å². The summed E-state index contributed by atoms with van der Waals surface area (Å²) in [5, 5.41) is 0.268. The van der Waals surface area contributed by atoms with Crippen molar-refractivity contribution < 1.29 is 9.53 Å². The van der Waals surface area contributed by atoms with Gasteiger partial charge in [-0.15, -0.1) is 0 Å². The van der Waals surface area contributed by atoms with Crippen LogP contribution < -0.4 is 0 Å². The van der Waals surface area contributed by atoms with E-state index in [1.165, 1.54) is 13.3 Å². The number of hydrogen-bond donors (Lipinski definition) is 0. The van der Waals surface area contributed by atoms with Crippen molar-refractivity contribution in [1.29, 1.82) is 0 Å². The highest BCUT2D eigenvalue weighted by Crippen LogP contribution is 2.22. The Hall–Kier alpha value is -1.94. The number of aromatic nitrogens is 2. The fourth-order valence-corrected chi connectivity index (χ4v) is 1.56. The van der Waals surface area contributed by atoms with E-state index >= 15 is 0 Å². The largest absolute Gasteiger partial charge is 0.465 e. The summed E-state index contributed by atoms with van der Waals surface area (Å²) in [4.78, 5) is 19.6. The standard InChI is InChI=1S/C12H9ClN2O2/c1-17-12(16)9-5-11(15-7-10(9)13)8-3-2-4-14-6-8/h2-7H,1H3. The van der Waals surface area contributed by atoms with E-state index in [0.29, 0.717) is 11.3 Å². The van der Waals surface area contributed by atoms with E-state index in [2.05, 4.69) is 14.7 Å². The molecule has 0 bridgehead atoms. The summed E-state index contributed by atoms with van der Waals surface area (Å²) in [6.07, 6.45) is 4.76. The Labute approximate surface area is 103 Å². The highest BCUT2D eigenvalue weighted by atomic mass is 35.5. The van der Waals surface area contributed by atoms with Gasteiger partial charge in [0.15, 0.2) is 0 Å². The minimum atomic E-state index is -0.484. The molecule has 0 spiro atoms. The van der Waals surface area contributed by atoms with Gasteiger partial charge in [0.2, 0.25) is 0 Å². The molecule has 5 heteroatoms. The van der Waals surface area contributed by atoms with Gasteiger partial charge in [0.25, 0.3) is 0 Å². The maximum absolute atomic E-state index is 11.5. The number of halogens is 1. The van der Waals surface area contributed by atoms with Crippen molar-refractivity contribution in [1.82, 2.24) is 9.97 Å². The Morgan fingerprint density at radius 3 is 2.88 bits per heavy atom. The molecule has 0 aromatic carbocycles. The number of methoxy groups -OCH3 is 1. The molecule has 0 fully saturated rings. The zero-order valence-electron chi connectivity index (χ0n) is 9.05. The van der Waals surface area contributed by atoms with Gasteiger partial charge in [-0.3, -0.25) is 9.97 Å². The topological polar surface area (TPSA) is 52.1 Å². The van der Waals surface area contributed by atoms with E-state index in [1.807, 2.05) is 6.07 Å². The van der Waals surface area contributed by atoms with Gasteiger partial charge >= 0.3 is 5.97 Å². The fraction of sp³-hybridized carbons (Fsp3) is 0.0833. The van der Waals surface area contributed by atoms with Gasteiger partial charge in [0.05, 0.1) is 23.4 Å². The summed E-state index contributed by atoms with van der Waals surface area (Å²) in [5.41, 5.74) is 1.74. The smallest absolute Gasteiger partial charge is 0.339 e. The molecule has 86 valence electrons. The molecule has 0 unspecified atom stereocenters. The molecule has 17 heavy (non-hydrogen) atoms. The van der Waals surface area contributed by atoms with Crippen LogP contribution in [0.4, 0.5) is 0 Å². The van der Waals surface area contributed by atoms with Crippen LogP contribution in [-0.2, 0) is 4.74 Å². The van der Waals surface area contributed by atoms with E-state index in [1.54, 1.807) is 24.5 Å². The van der Waals surface area contributed by atoms with Gasteiger partial charge < -0.3 is 4.74 Å². The molecular formula is C12H9ClN2O2. The second kappa shape index (κ2) is 4.93. The maximum atomic E-state index is 11.5. The molecule has 4 nitrogen and oxygen atoms in total. The zero-order chi connectivity index (χ0) is 12.3. The van der Waals surface area contributed by atoms with Crippen molar-refractivity contribution in [3.05, 3.63) is 47.4 Å². The van der Waals surface area contributed by atoms with Gasteiger partial charge in [0, 0.05) is 24.2 Å². The highest BCUT2D eigenvalue weighted by molar-refractivity contribution is 6.33. The van der Waals surface area contributed by atoms with Crippen LogP contribution in [0, 0.1) is 0 Å². The zero-order valence-corrected chi connectivity index (χ0v) is 9.81. The quantitative estimate of drug-likeness (QED) is 0.767. The average molecular weight is 249 g/mol. The first kappa shape index (κ1) is 11.5. The Morgan fingerprint density at radius 1 is 1.41 bits per heavy atom. The minimum absolute atomic E-state index is 0.268. The SMILES string of the molecule is COC(=O)c1cc(-c2cccnc2)ncc1Cl. The number of ether oxygens (including phenoxy) is 1. The molecule has 0 aliphatic carbocycles. The molecule has 2 rings (SSSR count). The Balaban J connectivity index is 2.48. The maximum Gasteiger partial charge on any atom is 0.339 e. The van der Waals surface area contributed by atoms with Crippen LogP contribution in [0.3, 0.4) is 0 Å². The van der Waals surface area contributed by atoms with Gasteiger partial charge in [-0.25, -0.2) is 4.79 Å². The van der Waals surface area contributed by atoms with Crippen molar-refractivity contribution in [2.75, 3.05) is 7.11 Å². The lowest BCUT2D eigenvalue weighted by atomic mass is 10.1. The Bertz CT molecular complexity index is 543. The van der Waals surface area contributed by atoms with Crippen LogP contribution in [0.25, 0.3) is 11.3 Å². The molecule has 2 heterocycles. The molecule has 0 saturated heterocycles. The molecule has 2 aromatic heterocycles. The van der Waals surface area contributed by atoms with Crippen molar-refractivity contribution >= 4 is 17.6 Å². The Kier molecular flexibility index (Phi) is 3.35. The number of hydrogen-bond acceptors (Lipinski definition) is 4. The Morgan fingerprint density at radius 2 is 2.24 bits per heavy atom. The second-order valence-corrected chi connectivity index (χ2v) is 3.69. The van der Waals surface area contributed by atoms with E-state index in [4.69, 9.17) is 11.6 Å². The predicted octanol–water partition coefficient (Wildman–Crippen LogP) is 2.58. The molecule has 0 amide bonds. The summed E-state index contributed by atoms with van der Waals surface area (Å²) in [7, 11) is 1.31. The van der Waals surface area contributed by atoms with Crippen molar-refractivity contribution in [2.24, 2.45) is 0 Å². The number of rotatable bonds is 2. The molecule has 0 saturated carbocycles. The average Bonchev–Trinajstić information content (AvgIpc) is 2.39. The predicted molar refractivity (Wildman–Crippen MR) is 63.8 cm³/mol. The van der Waals surface area contributed by atoms with Crippen LogP contribution in [0.2, 0.25) is 5.02 Å². The molecule has 0 radical (unpaired) electrons. The van der Waals surface area contributed by atoms with E-state index in [9.17, 15) is 4.79 Å². The summed E-state index contributed by atoms with van der Waals surface area (Å²) in [6, 6.07) is 5.24. The first-order valence-electron chi connectivity index (χ1n) is 4.86. The number of esters is 1. The third-order valence-electron chi connectivity index (χ3n) is 2.22. The van der Waals surface area contributed by atoms with Crippen molar-refractivity contribution in [3.63, 3.8) is 0 Å². The normalized spacial score (nSPS) is 10.0. The van der Waals surface area contributed by atoms with Gasteiger partial charge in [-0.1, -0.05) is 11.6 Å². The number of nitrogens with zero attached hydrogens (tertiary/aromatic N) is 2. The molecule has 0 aliphatic heterocycles. The molecule has 2 aromatic rings. The van der Waals surface area contributed by atoms with Gasteiger partial charge in [0.1, 0.15) is 0 Å². The lowest BCUT2D eigenvalue weighted by Crippen LogP contribution is -2.03. The minimum Gasteiger partial charge on any atom is -0.465 e. The van der Waals surface area contributed by atoms with E-state index < -0.39 is 5.97 Å². The van der Waals surface area contributed by atoms with Crippen LogP contribution in [-0.4, -0.2) is 23.0 Å². The number of pyridine rings is 2. The van der Waals surface area contributed by atoms with Crippen molar-refractivity contribution in [3.8, 4) is 11.3 Å². The molecular weight excluding hydrogens is 240 g/mol. The third kappa shape index (κ3) is 2.42. The number of carbonyl (C=O) groups is 1. The number of carbonyl (C=O) groups excluding carboxylic acids is 1. The molecule has 0 N–H and O–H groups in total. The lowest BCUT2D eigenvalue weighted by molar-refractivity contribution is 0.0601. The summed E-state index contributed by atoms with van der Waals surface area (Å²) < 4.78 is 4.64. The van der Waals surface area contributed by atoms with Gasteiger partial charge in [-0.05, 0) is 18.2 Å². The second-order valence-electron chi connectivity index (χ2n) is 3.28. The monoisotopic (exact) mass is 248 g/mol. The lowest BCUT2D eigenvalue weighted by Gasteiger charge is -2.05. The van der Waals surface area contributed by atoms with Crippen LogP contribution >= 0.6 is 11.6 Å². The van der Waals surface area contributed by atoms with Crippen molar-refractivity contribution in [2.45, 2.75) is 0 Å². The summed E-state index contributed by atoms with van der Waals surface area (Å²) >= 11 is 5.88. The van der Waals surface area contributed by atoms with E-state index in [-0.39, 0.29) is 5.02 Å². The third-order valence-corrected chi connectivity index (χ3v) is 2.52. The fourth-order valence-electron chi connectivity index (χ4n) is 1.38. The van der Waals surface area contributed by atoms with Crippen LogP contribution in [0.15, 0.2) is 36.8 Å². The van der Waals surface area contributed by atoms with Crippen LogP contribution in [0.1, 0.15) is 10.4 Å². The van der Waals surface area contributed by atoms with E-state index in [0.717, 1.165) is 5.56 Å². The molecule has 0 aliphatic rings. The summed E-state index contributed by atoms with van der Waals surface area (Å²) in [5.74, 6) is -0.484. The summed E-state index contributed by atoms with van der Waals surface area (Å²) in [6.45, 7) is 0. The first-order chi connectivity index (χ1) is 8.22. The highest BCUT2D eigenvalue weighted by Gasteiger charge is 2.12.